The fourth-order valence-electron chi connectivity index (χ4n) is 1.77. The maximum absolute atomic E-state index is 5.69. The van der Waals surface area contributed by atoms with E-state index in [1.165, 1.54) is 0 Å². The standard InChI is InChI=1S/C13H17N5O/c1-4-15-12(14)18-13-16-8(2)10-7-9(19-3)5-6-11(10)17-13/h5-7H,4H2,1-3H3,(H3,14,15,16,17,18). The van der Waals surface area contributed by atoms with Gasteiger partial charge in [0.15, 0.2) is 5.96 Å². The third kappa shape index (κ3) is 2.90. The molecule has 0 unspecified atom stereocenters. The highest BCUT2D eigenvalue weighted by Crippen LogP contribution is 2.22. The van der Waals surface area contributed by atoms with Crippen LogP contribution < -0.4 is 15.8 Å². The number of benzene rings is 1. The van der Waals surface area contributed by atoms with Crippen molar-refractivity contribution < 1.29 is 4.74 Å². The molecule has 0 radical (unpaired) electrons. The van der Waals surface area contributed by atoms with Crippen LogP contribution in [0.3, 0.4) is 0 Å². The molecule has 0 spiro atoms. The SMILES string of the molecule is CCN=C(N)Nc1nc(C)c2cc(OC)ccc2n1. The zero-order valence-corrected chi connectivity index (χ0v) is 11.3. The number of anilines is 1. The maximum atomic E-state index is 5.69. The topological polar surface area (TPSA) is 85.4 Å². The lowest BCUT2D eigenvalue weighted by Crippen LogP contribution is -2.24. The Morgan fingerprint density at radius 2 is 2.21 bits per heavy atom. The van der Waals surface area contributed by atoms with Gasteiger partial charge in [-0.2, -0.15) is 0 Å². The third-order valence-corrected chi connectivity index (χ3v) is 2.66. The van der Waals surface area contributed by atoms with Gasteiger partial charge in [0, 0.05) is 11.9 Å². The summed E-state index contributed by atoms with van der Waals surface area (Å²) in [5.74, 6) is 1.55. The summed E-state index contributed by atoms with van der Waals surface area (Å²) in [5, 5.41) is 3.83. The van der Waals surface area contributed by atoms with Gasteiger partial charge in [-0.3, -0.25) is 10.3 Å². The van der Waals surface area contributed by atoms with Crippen LogP contribution in [0.2, 0.25) is 0 Å². The summed E-state index contributed by atoms with van der Waals surface area (Å²) in [7, 11) is 1.63. The minimum absolute atomic E-state index is 0.315. The summed E-state index contributed by atoms with van der Waals surface area (Å²) in [6.07, 6.45) is 0. The van der Waals surface area contributed by atoms with Gasteiger partial charge < -0.3 is 10.5 Å². The normalized spacial score (nSPS) is 11.6. The van der Waals surface area contributed by atoms with Gasteiger partial charge in [0.1, 0.15) is 5.75 Å². The summed E-state index contributed by atoms with van der Waals surface area (Å²) in [5.41, 5.74) is 7.39. The molecule has 0 aliphatic rings. The Labute approximate surface area is 111 Å². The molecule has 0 atom stereocenters. The van der Waals surface area contributed by atoms with E-state index in [0.717, 1.165) is 22.3 Å². The number of hydrogen-bond donors (Lipinski definition) is 2. The van der Waals surface area contributed by atoms with Crippen LogP contribution in [-0.2, 0) is 0 Å². The number of nitrogens with one attached hydrogen (secondary N) is 1. The van der Waals surface area contributed by atoms with Crippen LogP contribution in [-0.4, -0.2) is 29.6 Å². The van der Waals surface area contributed by atoms with Gasteiger partial charge in [0.25, 0.3) is 0 Å². The van der Waals surface area contributed by atoms with E-state index in [0.29, 0.717) is 18.5 Å². The van der Waals surface area contributed by atoms with Gasteiger partial charge in [-0.05, 0) is 32.0 Å². The average Bonchev–Trinajstić information content (AvgIpc) is 2.38. The van der Waals surface area contributed by atoms with E-state index >= 15 is 0 Å². The highest BCUT2D eigenvalue weighted by molar-refractivity contribution is 5.92. The average molecular weight is 259 g/mol. The smallest absolute Gasteiger partial charge is 0.230 e. The van der Waals surface area contributed by atoms with Crippen LogP contribution in [0.15, 0.2) is 23.2 Å². The molecule has 0 saturated carbocycles. The molecule has 1 aromatic heterocycles. The molecule has 2 aromatic rings. The minimum Gasteiger partial charge on any atom is -0.497 e. The Kier molecular flexibility index (Phi) is 3.79. The zero-order valence-electron chi connectivity index (χ0n) is 11.3. The van der Waals surface area contributed by atoms with Crippen molar-refractivity contribution in [3.63, 3.8) is 0 Å². The van der Waals surface area contributed by atoms with Gasteiger partial charge >= 0.3 is 0 Å². The molecule has 100 valence electrons. The Morgan fingerprint density at radius 1 is 1.42 bits per heavy atom. The lowest BCUT2D eigenvalue weighted by Gasteiger charge is -2.08. The van der Waals surface area contributed by atoms with Gasteiger partial charge in [0.05, 0.1) is 18.3 Å². The molecule has 1 heterocycles. The molecule has 0 fully saturated rings. The van der Waals surface area contributed by atoms with Crippen LogP contribution >= 0.6 is 0 Å². The van der Waals surface area contributed by atoms with Crippen molar-refractivity contribution in [2.24, 2.45) is 10.7 Å². The molecule has 6 nitrogen and oxygen atoms in total. The van der Waals surface area contributed by atoms with Crippen molar-refractivity contribution in [2.45, 2.75) is 13.8 Å². The second-order valence-corrected chi connectivity index (χ2v) is 4.00. The monoisotopic (exact) mass is 259 g/mol. The van der Waals surface area contributed by atoms with Gasteiger partial charge in [-0.1, -0.05) is 0 Å². The fraction of sp³-hybridized carbons (Fsp3) is 0.308. The first kappa shape index (κ1) is 13.1. The highest BCUT2D eigenvalue weighted by Gasteiger charge is 2.06. The summed E-state index contributed by atoms with van der Waals surface area (Å²) in [4.78, 5) is 12.8. The second kappa shape index (κ2) is 5.51. The number of hydrogen-bond acceptors (Lipinski definition) is 4. The van der Waals surface area contributed by atoms with Crippen LogP contribution in [0.4, 0.5) is 5.95 Å². The number of guanidine groups is 1. The van der Waals surface area contributed by atoms with Crippen molar-refractivity contribution >= 4 is 22.8 Å². The zero-order chi connectivity index (χ0) is 13.8. The van der Waals surface area contributed by atoms with E-state index in [4.69, 9.17) is 10.5 Å². The van der Waals surface area contributed by atoms with Crippen molar-refractivity contribution in [3.05, 3.63) is 23.9 Å². The number of rotatable bonds is 3. The van der Waals surface area contributed by atoms with E-state index in [2.05, 4.69) is 20.3 Å². The van der Waals surface area contributed by atoms with E-state index in [-0.39, 0.29) is 0 Å². The molecular formula is C13H17N5O. The van der Waals surface area contributed by atoms with E-state index in [9.17, 15) is 0 Å². The molecule has 19 heavy (non-hydrogen) atoms. The van der Waals surface area contributed by atoms with E-state index < -0.39 is 0 Å². The fourth-order valence-corrected chi connectivity index (χ4v) is 1.77. The maximum Gasteiger partial charge on any atom is 0.230 e. The minimum atomic E-state index is 0.315. The molecule has 0 aliphatic carbocycles. The van der Waals surface area contributed by atoms with Gasteiger partial charge in [-0.25, -0.2) is 9.97 Å². The number of nitrogens with zero attached hydrogens (tertiary/aromatic N) is 3. The molecule has 0 aliphatic heterocycles. The first-order valence-electron chi connectivity index (χ1n) is 6.03. The van der Waals surface area contributed by atoms with Crippen LogP contribution in [0.25, 0.3) is 10.9 Å². The predicted octanol–water partition coefficient (Wildman–Crippen LogP) is 1.69. The quantitative estimate of drug-likeness (QED) is 0.647. The van der Waals surface area contributed by atoms with Crippen molar-refractivity contribution in [1.29, 1.82) is 0 Å². The summed E-state index contributed by atoms with van der Waals surface area (Å²) < 4.78 is 5.19. The molecule has 6 heteroatoms. The Morgan fingerprint density at radius 3 is 2.89 bits per heavy atom. The number of fused-ring (bicyclic) bond motifs is 1. The Balaban J connectivity index is 2.42. The van der Waals surface area contributed by atoms with Crippen molar-refractivity contribution in [3.8, 4) is 5.75 Å². The van der Waals surface area contributed by atoms with Crippen molar-refractivity contribution in [2.75, 3.05) is 19.0 Å². The predicted molar refractivity (Wildman–Crippen MR) is 76.6 cm³/mol. The second-order valence-electron chi connectivity index (χ2n) is 4.00. The number of aryl methyl sites for hydroxylation is 1. The van der Waals surface area contributed by atoms with E-state index in [1.807, 2.05) is 32.0 Å². The first-order chi connectivity index (χ1) is 9.13. The third-order valence-electron chi connectivity index (χ3n) is 2.66. The number of ether oxygens (including phenoxy) is 1. The van der Waals surface area contributed by atoms with Gasteiger partial charge in [0.2, 0.25) is 5.95 Å². The van der Waals surface area contributed by atoms with Crippen LogP contribution in [0, 0.1) is 6.92 Å². The molecule has 1 aromatic carbocycles. The van der Waals surface area contributed by atoms with Gasteiger partial charge in [-0.15, -0.1) is 0 Å². The number of methoxy groups -OCH3 is 1. The van der Waals surface area contributed by atoms with E-state index in [1.54, 1.807) is 7.11 Å². The summed E-state index contributed by atoms with van der Waals surface area (Å²) >= 11 is 0. The van der Waals surface area contributed by atoms with Crippen LogP contribution in [0.1, 0.15) is 12.6 Å². The summed E-state index contributed by atoms with van der Waals surface area (Å²) in [6, 6.07) is 5.67. The number of aromatic nitrogens is 2. The van der Waals surface area contributed by atoms with Crippen LogP contribution in [0.5, 0.6) is 5.75 Å². The molecule has 2 rings (SSSR count). The molecule has 0 saturated heterocycles. The molecule has 3 N–H and O–H groups in total. The first-order valence-corrected chi connectivity index (χ1v) is 6.03. The molecular weight excluding hydrogens is 242 g/mol. The number of aliphatic imine (C=N–C) groups is 1. The Hall–Kier alpha value is -2.37. The highest BCUT2D eigenvalue weighted by atomic mass is 16.5. The van der Waals surface area contributed by atoms with Crippen molar-refractivity contribution in [1.82, 2.24) is 9.97 Å². The Bertz CT molecular complexity index is 624. The molecule has 0 amide bonds. The lowest BCUT2D eigenvalue weighted by molar-refractivity contribution is 0.415. The lowest BCUT2D eigenvalue weighted by atomic mass is 10.2. The largest absolute Gasteiger partial charge is 0.497 e. The summed E-state index contributed by atoms with van der Waals surface area (Å²) in [6.45, 7) is 4.44. The number of nitrogens with two attached hydrogens (primary N) is 1. The molecule has 0 bridgehead atoms.